The minimum atomic E-state index is -0.627. The number of benzene rings is 1. The molecule has 2 atom stereocenters. The van der Waals surface area contributed by atoms with E-state index in [-0.39, 0.29) is 30.3 Å². The van der Waals surface area contributed by atoms with Crippen LogP contribution in [0.15, 0.2) is 24.3 Å². The van der Waals surface area contributed by atoms with Crippen LogP contribution in [-0.4, -0.2) is 41.5 Å². The van der Waals surface area contributed by atoms with Crippen LogP contribution in [0.4, 0.5) is 0 Å². The first-order valence-corrected chi connectivity index (χ1v) is 6.57. The van der Waals surface area contributed by atoms with E-state index < -0.39 is 12.0 Å². The summed E-state index contributed by atoms with van der Waals surface area (Å²) in [6.45, 7) is 1.07. The lowest BCUT2D eigenvalue weighted by molar-refractivity contribution is -0.128. The fourth-order valence-electron chi connectivity index (χ4n) is 1.97. The number of carbonyl (C=O) groups excluding carboxylic acids is 2. The molecular weight excluding hydrogens is 258 g/mol. The molecule has 1 aromatic rings. The highest BCUT2D eigenvalue weighted by Crippen LogP contribution is 2.13. The molecule has 0 spiro atoms. The summed E-state index contributed by atoms with van der Waals surface area (Å²) in [7, 11) is 1.69. The number of aliphatic hydroxyl groups is 1. The quantitative estimate of drug-likeness (QED) is 0.651. The smallest absolute Gasteiger partial charge is 0.150 e. The highest BCUT2D eigenvalue weighted by Gasteiger charge is 2.23. The minimum absolute atomic E-state index is 0.0371. The molecule has 5 nitrogen and oxygen atoms in total. The zero-order chi connectivity index (χ0) is 15.1. The number of hydrogen-bond donors (Lipinski definition) is 3. The molecular formula is C15H21NO4. The summed E-state index contributed by atoms with van der Waals surface area (Å²) in [5.41, 5.74) is 0.916. The van der Waals surface area contributed by atoms with Gasteiger partial charge in [0.2, 0.25) is 0 Å². The summed E-state index contributed by atoms with van der Waals surface area (Å²) in [5, 5.41) is 21.2. The summed E-state index contributed by atoms with van der Waals surface area (Å²) in [5.74, 6) is -0.730. The molecule has 0 amide bonds. The van der Waals surface area contributed by atoms with Crippen LogP contribution < -0.4 is 5.32 Å². The number of phenols is 1. The van der Waals surface area contributed by atoms with Crippen molar-refractivity contribution in [3.8, 4) is 5.75 Å². The van der Waals surface area contributed by atoms with Crippen molar-refractivity contribution in [3.63, 3.8) is 0 Å². The third-order valence-electron chi connectivity index (χ3n) is 3.36. The maximum absolute atomic E-state index is 12.1. The fourth-order valence-corrected chi connectivity index (χ4v) is 1.97. The van der Waals surface area contributed by atoms with Crippen LogP contribution in [0.25, 0.3) is 0 Å². The van der Waals surface area contributed by atoms with Crippen molar-refractivity contribution in [1.82, 2.24) is 5.32 Å². The number of rotatable bonds is 8. The Morgan fingerprint density at radius 1 is 1.25 bits per heavy atom. The van der Waals surface area contributed by atoms with Gasteiger partial charge >= 0.3 is 0 Å². The number of hydrogen-bond acceptors (Lipinski definition) is 5. The maximum Gasteiger partial charge on any atom is 0.150 e. The number of ketones is 2. The van der Waals surface area contributed by atoms with E-state index in [0.717, 1.165) is 5.56 Å². The number of carbonyl (C=O) groups is 2. The van der Waals surface area contributed by atoms with E-state index in [9.17, 15) is 14.7 Å². The Hall–Kier alpha value is -1.72. The van der Waals surface area contributed by atoms with Crippen molar-refractivity contribution in [1.29, 1.82) is 0 Å². The normalized spacial score (nSPS) is 13.8. The van der Waals surface area contributed by atoms with Crippen molar-refractivity contribution in [2.24, 2.45) is 5.92 Å². The van der Waals surface area contributed by atoms with E-state index in [2.05, 4.69) is 5.32 Å². The van der Waals surface area contributed by atoms with Crippen LogP contribution in [0.5, 0.6) is 5.75 Å². The number of phenolic OH excluding ortho intramolecular Hbond substituents is 1. The highest BCUT2D eigenvalue weighted by molar-refractivity contribution is 5.89. The zero-order valence-corrected chi connectivity index (χ0v) is 11.8. The summed E-state index contributed by atoms with van der Waals surface area (Å²) in [4.78, 5) is 23.4. The lowest BCUT2D eigenvalue weighted by Gasteiger charge is -2.17. The molecule has 20 heavy (non-hydrogen) atoms. The molecule has 0 unspecified atom stereocenters. The molecule has 5 heteroatoms. The third kappa shape index (κ3) is 4.75. The number of Topliss-reactive ketones (excluding diaryl/α,β-unsaturated/α-hetero) is 2. The zero-order valence-electron chi connectivity index (χ0n) is 11.8. The van der Waals surface area contributed by atoms with Gasteiger partial charge in [0, 0.05) is 12.3 Å². The summed E-state index contributed by atoms with van der Waals surface area (Å²) in [6.07, 6.45) is 0.515. The van der Waals surface area contributed by atoms with Crippen LogP contribution >= 0.6 is 0 Å². The Kier molecular flexibility index (Phi) is 6.35. The largest absolute Gasteiger partial charge is 0.508 e. The van der Waals surface area contributed by atoms with E-state index >= 15 is 0 Å². The second-order valence-corrected chi connectivity index (χ2v) is 4.87. The van der Waals surface area contributed by atoms with Crippen LogP contribution in [0, 0.1) is 5.92 Å². The second kappa shape index (κ2) is 7.77. The van der Waals surface area contributed by atoms with Gasteiger partial charge in [-0.05, 0) is 38.1 Å². The summed E-state index contributed by atoms with van der Waals surface area (Å²) in [6, 6.07) is 6.23. The number of likely N-dealkylation sites (N-methyl/N-ethyl adjacent to an activating group) is 1. The van der Waals surface area contributed by atoms with Crippen molar-refractivity contribution >= 4 is 11.6 Å². The van der Waals surface area contributed by atoms with Gasteiger partial charge in [0.25, 0.3) is 0 Å². The molecule has 1 aromatic carbocycles. The Balaban J connectivity index is 2.67. The lowest BCUT2D eigenvalue weighted by Crippen LogP contribution is -2.38. The Morgan fingerprint density at radius 2 is 1.85 bits per heavy atom. The van der Waals surface area contributed by atoms with E-state index in [1.165, 1.54) is 6.92 Å². The van der Waals surface area contributed by atoms with Crippen molar-refractivity contribution in [2.75, 3.05) is 13.7 Å². The summed E-state index contributed by atoms with van der Waals surface area (Å²) < 4.78 is 0. The van der Waals surface area contributed by atoms with Crippen LogP contribution in [0.3, 0.4) is 0 Å². The molecule has 0 saturated carbocycles. The molecule has 0 aliphatic heterocycles. The summed E-state index contributed by atoms with van der Waals surface area (Å²) >= 11 is 0. The van der Waals surface area contributed by atoms with Gasteiger partial charge in [-0.15, -0.1) is 0 Å². The molecule has 0 bridgehead atoms. The first kappa shape index (κ1) is 16.3. The standard InChI is InChI=1S/C15H21NO4/c1-10(18)12(9-17)8-15(20)14(16-2)7-11-3-5-13(19)6-4-11/h3-6,12,14,16-17,19H,7-9H2,1-2H3/t12-,14-/m0/s1. The van der Waals surface area contributed by atoms with E-state index in [1.807, 2.05) is 0 Å². The fraction of sp³-hybridized carbons (Fsp3) is 0.467. The molecule has 110 valence electrons. The van der Waals surface area contributed by atoms with E-state index in [4.69, 9.17) is 5.11 Å². The first-order chi connectivity index (χ1) is 9.47. The van der Waals surface area contributed by atoms with E-state index in [0.29, 0.717) is 6.42 Å². The average molecular weight is 279 g/mol. The Bertz CT molecular complexity index is 455. The number of nitrogens with one attached hydrogen (secondary N) is 1. The molecule has 0 aromatic heterocycles. The van der Waals surface area contributed by atoms with Gasteiger partial charge in [0.05, 0.1) is 12.6 Å². The molecule has 1 rings (SSSR count). The van der Waals surface area contributed by atoms with Crippen molar-refractivity contribution in [2.45, 2.75) is 25.8 Å². The molecule has 0 heterocycles. The first-order valence-electron chi connectivity index (χ1n) is 6.57. The predicted octanol–water partition coefficient (Wildman–Crippen LogP) is 0.679. The lowest BCUT2D eigenvalue weighted by atomic mass is 9.93. The van der Waals surface area contributed by atoms with Crippen LogP contribution in [0.2, 0.25) is 0 Å². The highest BCUT2D eigenvalue weighted by atomic mass is 16.3. The van der Waals surface area contributed by atoms with Gasteiger partial charge in [-0.3, -0.25) is 9.59 Å². The Morgan fingerprint density at radius 3 is 2.30 bits per heavy atom. The molecule has 0 radical (unpaired) electrons. The topological polar surface area (TPSA) is 86.6 Å². The number of aromatic hydroxyl groups is 1. The van der Waals surface area contributed by atoms with Gasteiger partial charge < -0.3 is 15.5 Å². The maximum atomic E-state index is 12.1. The number of aliphatic hydroxyl groups excluding tert-OH is 1. The van der Waals surface area contributed by atoms with Gasteiger partial charge in [0.15, 0.2) is 5.78 Å². The Labute approximate surface area is 118 Å². The van der Waals surface area contributed by atoms with Gasteiger partial charge in [-0.2, -0.15) is 0 Å². The monoisotopic (exact) mass is 279 g/mol. The van der Waals surface area contributed by atoms with Crippen molar-refractivity contribution < 1.29 is 19.8 Å². The molecule has 3 N–H and O–H groups in total. The molecule has 0 fully saturated rings. The SMILES string of the molecule is CN[C@@H](Cc1ccc(O)cc1)C(=O)C[C@@H](CO)C(C)=O. The van der Waals surface area contributed by atoms with Gasteiger partial charge in [0.1, 0.15) is 11.5 Å². The van der Waals surface area contributed by atoms with Crippen LogP contribution in [-0.2, 0) is 16.0 Å². The molecule has 0 aliphatic rings. The van der Waals surface area contributed by atoms with Gasteiger partial charge in [-0.25, -0.2) is 0 Å². The average Bonchev–Trinajstić information content (AvgIpc) is 2.43. The third-order valence-corrected chi connectivity index (χ3v) is 3.36. The minimum Gasteiger partial charge on any atom is -0.508 e. The van der Waals surface area contributed by atoms with Crippen LogP contribution in [0.1, 0.15) is 18.9 Å². The van der Waals surface area contributed by atoms with E-state index in [1.54, 1.807) is 31.3 Å². The predicted molar refractivity (Wildman–Crippen MR) is 75.5 cm³/mol. The van der Waals surface area contributed by atoms with Gasteiger partial charge in [-0.1, -0.05) is 12.1 Å². The second-order valence-electron chi connectivity index (χ2n) is 4.87. The van der Waals surface area contributed by atoms with Crippen molar-refractivity contribution in [3.05, 3.63) is 29.8 Å². The molecule has 0 aliphatic carbocycles. The molecule has 0 saturated heterocycles.